The van der Waals surface area contributed by atoms with E-state index in [9.17, 15) is 17.6 Å². The minimum absolute atomic E-state index is 0.0614. The average molecular weight is 315 g/mol. The molecular formula is C14H18FNO4S. The van der Waals surface area contributed by atoms with E-state index in [0.29, 0.717) is 19.0 Å². The molecule has 0 aliphatic carbocycles. The highest BCUT2D eigenvalue weighted by Crippen LogP contribution is 2.26. The van der Waals surface area contributed by atoms with Crippen molar-refractivity contribution in [3.8, 4) is 0 Å². The van der Waals surface area contributed by atoms with Crippen molar-refractivity contribution >= 4 is 16.0 Å². The molecule has 5 nitrogen and oxygen atoms in total. The van der Waals surface area contributed by atoms with Crippen LogP contribution in [0.5, 0.6) is 0 Å². The highest BCUT2D eigenvalue weighted by molar-refractivity contribution is 7.89. The maximum atomic E-state index is 13.8. The number of halogens is 1. The number of carbonyl (C=O) groups is 1. The van der Waals surface area contributed by atoms with Gasteiger partial charge < -0.3 is 5.11 Å². The number of carboxylic acids is 1. The third-order valence-electron chi connectivity index (χ3n) is 3.93. The first-order chi connectivity index (χ1) is 9.73. The zero-order chi connectivity index (χ0) is 15.8. The predicted octanol–water partition coefficient (Wildman–Crippen LogP) is 2.25. The summed E-state index contributed by atoms with van der Waals surface area (Å²) >= 11 is 0. The highest BCUT2D eigenvalue weighted by Gasteiger charge is 2.29. The van der Waals surface area contributed by atoms with Crippen molar-refractivity contribution in [1.82, 2.24) is 4.31 Å². The van der Waals surface area contributed by atoms with Crippen LogP contribution in [0, 0.1) is 18.7 Å². The van der Waals surface area contributed by atoms with E-state index in [1.165, 1.54) is 11.2 Å². The van der Waals surface area contributed by atoms with E-state index < -0.39 is 21.8 Å². The molecule has 1 N–H and O–H groups in total. The van der Waals surface area contributed by atoms with Gasteiger partial charge in [-0.1, -0.05) is 6.92 Å². The van der Waals surface area contributed by atoms with Gasteiger partial charge in [0, 0.05) is 13.1 Å². The molecule has 116 valence electrons. The molecule has 1 heterocycles. The smallest absolute Gasteiger partial charge is 0.336 e. The number of carboxylic acid groups (broad SMARTS) is 1. The second-order valence-corrected chi connectivity index (χ2v) is 7.41. The molecule has 0 spiro atoms. The van der Waals surface area contributed by atoms with Crippen molar-refractivity contribution < 1.29 is 22.7 Å². The van der Waals surface area contributed by atoms with Gasteiger partial charge in [0.2, 0.25) is 10.0 Å². The minimum atomic E-state index is -3.85. The lowest BCUT2D eigenvalue weighted by Crippen LogP contribution is -2.38. The second-order valence-electron chi connectivity index (χ2n) is 5.47. The Balaban J connectivity index is 2.43. The quantitative estimate of drug-likeness (QED) is 0.928. The van der Waals surface area contributed by atoms with Crippen LogP contribution in [0.25, 0.3) is 0 Å². The van der Waals surface area contributed by atoms with Gasteiger partial charge in [-0.15, -0.1) is 0 Å². The Labute approximate surface area is 123 Å². The Kier molecular flexibility index (Phi) is 4.34. The maximum Gasteiger partial charge on any atom is 0.336 e. The molecule has 0 unspecified atom stereocenters. The monoisotopic (exact) mass is 315 g/mol. The van der Waals surface area contributed by atoms with Crippen molar-refractivity contribution in [3.63, 3.8) is 0 Å². The molecule has 2 rings (SSSR count). The largest absolute Gasteiger partial charge is 0.478 e. The summed E-state index contributed by atoms with van der Waals surface area (Å²) in [5.41, 5.74) is -0.382. The molecule has 0 saturated carbocycles. The first-order valence-corrected chi connectivity index (χ1v) is 8.21. The molecule has 1 aromatic rings. The van der Waals surface area contributed by atoms with E-state index in [0.717, 1.165) is 25.0 Å². The lowest BCUT2D eigenvalue weighted by molar-refractivity contribution is 0.0695. The predicted molar refractivity (Wildman–Crippen MR) is 75.3 cm³/mol. The molecule has 1 aromatic carbocycles. The van der Waals surface area contributed by atoms with Crippen LogP contribution in [0.15, 0.2) is 17.0 Å². The third kappa shape index (κ3) is 3.08. The molecule has 0 bridgehead atoms. The normalized spacial score (nSPS) is 17.9. The SMILES string of the molecule is Cc1c(F)cc(S(=O)(=O)N2CCC(C)CC2)cc1C(=O)O. The van der Waals surface area contributed by atoms with Crippen LogP contribution in [-0.4, -0.2) is 36.9 Å². The van der Waals surface area contributed by atoms with Crippen molar-refractivity contribution in [2.45, 2.75) is 31.6 Å². The van der Waals surface area contributed by atoms with E-state index in [1.807, 2.05) is 0 Å². The van der Waals surface area contributed by atoms with Gasteiger partial charge in [0.05, 0.1) is 10.5 Å². The summed E-state index contributed by atoms with van der Waals surface area (Å²) in [7, 11) is -3.85. The van der Waals surface area contributed by atoms with Crippen LogP contribution >= 0.6 is 0 Å². The van der Waals surface area contributed by atoms with Crippen LogP contribution in [0.1, 0.15) is 35.7 Å². The number of nitrogens with zero attached hydrogens (tertiary/aromatic N) is 1. The molecule has 1 saturated heterocycles. The van der Waals surface area contributed by atoms with Gasteiger partial charge in [-0.2, -0.15) is 4.31 Å². The molecule has 0 atom stereocenters. The summed E-state index contributed by atoms with van der Waals surface area (Å²) in [6, 6.07) is 1.93. The number of aromatic carboxylic acids is 1. The lowest BCUT2D eigenvalue weighted by atomic mass is 10.0. The van der Waals surface area contributed by atoms with Gasteiger partial charge in [-0.05, 0) is 43.4 Å². The Morgan fingerprint density at radius 2 is 1.90 bits per heavy atom. The summed E-state index contributed by atoms with van der Waals surface area (Å²) in [6.45, 7) is 4.12. The van der Waals surface area contributed by atoms with Crippen molar-refractivity contribution in [2.75, 3.05) is 13.1 Å². The summed E-state index contributed by atoms with van der Waals surface area (Å²) in [4.78, 5) is 10.8. The number of benzene rings is 1. The molecule has 0 aromatic heterocycles. The average Bonchev–Trinajstić information content (AvgIpc) is 2.41. The summed E-state index contributed by atoms with van der Waals surface area (Å²) in [5.74, 6) is -1.70. The number of rotatable bonds is 3. The first-order valence-electron chi connectivity index (χ1n) is 6.77. The van der Waals surface area contributed by atoms with Crippen molar-refractivity contribution in [3.05, 3.63) is 29.1 Å². The molecule has 21 heavy (non-hydrogen) atoms. The molecular weight excluding hydrogens is 297 g/mol. The Morgan fingerprint density at radius 3 is 2.43 bits per heavy atom. The number of sulfonamides is 1. The Hall–Kier alpha value is -1.47. The fourth-order valence-corrected chi connectivity index (χ4v) is 3.91. The number of hydrogen-bond acceptors (Lipinski definition) is 3. The van der Waals surface area contributed by atoms with Crippen LogP contribution in [-0.2, 0) is 10.0 Å². The van der Waals surface area contributed by atoms with Gasteiger partial charge in [-0.3, -0.25) is 0 Å². The first kappa shape index (κ1) is 15.9. The number of hydrogen-bond donors (Lipinski definition) is 1. The fourth-order valence-electron chi connectivity index (χ4n) is 2.40. The minimum Gasteiger partial charge on any atom is -0.478 e. The van der Waals surface area contributed by atoms with E-state index >= 15 is 0 Å². The molecule has 0 radical (unpaired) electrons. The summed E-state index contributed by atoms with van der Waals surface area (Å²) < 4.78 is 40.1. The molecule has 1 fully saturated rings. The van der Waals surface area contributed by atoms with E-state index in [-0.39, 0.29) is 16.0 Å². The third-order valence-corrected chi connectivity index (χ3v) is 5.81. The molecule has 7 heteroatoms. The Bertz CT molecular complexity index is 664. The van der Waals surface area contributed by atoms with Crippen LogP contribution in [0.4, 0.5) is 4.39 Å². The maximum absolute atomic E-state index is 13.8. The summed E-state index contributed by atoms with van der Waals surface area (Å²) in [5, 5.41) is 9.05. The molecule has 0 amide bonds. The van der Waals surface area contributed by atoms with E-state index in [2.05, 4.69) is 6.92 Å². The Morgan fingerprint density at radius 1 is 1.33 bits per heavy atom. The molecule has 1 aliphatic heterocycles. The lowest BCUT2D eigenvalue weighted by Gasteiger charge is -2.29. The van der Waals surface area contributed by atoms with Gasteiger partial charge in [-0.25, -0.2) is 17.6 Å². The van der Waals surface area contributed by atoms with E-state index in [4.69, 9.17) is 5.11 Å². The highest BCUT2D eigenvalue weighted by atomic mass is 32.2. The number of piperidine rings is 1. The van der Waals surface area contributed by atoms with Crippen molar-refractivity contribution in [1.29, 1.82) is 0 Å². The van der Waals surface area contributed by atoms with Gasteiger partial charge in [0.25, 0.3) is 0 Å². The standard InChI is InChI=1S/C14H18FNO4S/c1-9-3-5-16(6-4-9)21(19,20)11-7-12(14(17)18)10(2)13(15)8-11/h7-9H,3-6H2,1-2H3,(H,17,18). The van der Waals surface area contributed by atoms with Crippen LogP contribution in [0.2, 0.25) is 0 Å². The van der Waals surface area contributed by atoms with Crippen LogP contribution in [0.3, 0.4) is 0 Å². The van der Waals surface area contributed by atoms with Crippen LogP contribution < -0.4 is 0 Å². The second kappa shape index (κ2) is 5.73. The fraction of sp³-hybridized carbons (Fsp3) is 0.500. The molecule has 1 aliphatic rings. The van der Waals surface area contributed by atoms with Gasteiger partial charge in [0.1, 0.15) is 5.82 Å². The van der Waals surface area contributed by atoms with Gasteiger partial charge >= 0.3 is 5.97 Å². The zero-order valence-corrected chi connectivity index (χ0v) is 12.8. The summed E-state index contributed by atoms with van der Waals surface area (Å²) in [6.07, 6.45) is 1.50. The topological polar surface area (TPSA) is 74.7 Å². The van der Waals surface area contributed by atoms with Gasteiger partial charge in [0.15, 0.2) is 0 Å². The zero-order valence-electron chi connectivity index (χ0n) is 12.0. The van der Waals surface area contributed by atoms with Crippen molar-refractivity contribution in [2.24, 2.45) is 5.92 Å². The van der Waals surface area contributed by atoms with E-state index in [1.54, 1.807) is 0 Å².